The van der Waals surface area contributed by atoms with Crippen molar-refractivity contribution in [3.63, 3.8) is 0 Å². The van der Waals surface area contributed by atoms with Gasteiger partial charge in [0.1, 0.15) is 4.88 Å². The number of terminal acetylenes is 1. The van der Waals surface area contributed by atoms with Crippen molar-refractivity contribution >= 4 is 17.4 Å². The van der Waals surface area contributed by atoms with Crippen LogP contribution in [-0.2, 0) is 0 Å². The Kier molecular flexibility index (Phi) is 3.81. The fraction of sp³-hybridized carbons (Fsp3) is 0.500. The van der Waals surface area contributed by atoms with Crippen molar-refractivity contribution in [3.8, 4) is 12.3 Å². The van der Waals surface area contributed by atoms with E-state index in [1.807, 2.05) is 13.8 Å². The molecule has 80 valence electrons. The highest BCUT2D eigenvalue weighted by molar-refractivity contribution is 7.08. The Morgan fingerprint density at radius 1 is 1.67 bits per heavy atom. The molecule has 0 unspecified atom stereocenters. The second kappa shape index (κ2) is 4.89. The summed E-state index contributed by atoms with van der Waals surface area (Å²) in [6.45, 7) is 4.26. The van der Waals surface area contributed by atoms with Gasteiger partial charge < -0.3 is 4.90 Å². The summed E-state index contributed by atoms with van der Waals surface area (Å²) >= 11 is 1.12. The molecule has 0 N–H and O–H groups in total. The molecule has 0 radical (unpaired) electrons. The molecule has 0 saturated heterocycles. The second-order valence-corrected chi connectivity index (χ2v) is 4.26. The highest BCUT2D eigenvalue weighted by Gasteiger charge is 2.20. The summed E-state index contributed by atoms with van der Waals surface area (Å²) in [6, 6.07) is 0. The van der Waals surface area contributed by atoms with Crippen LogP contribution in [0.5, 0.6) is 0 Å². The smallest absolute Gasteiger partial charge is 0.268 e. The number of amides is 1. The molecule has 1 heterocycles. The van der Waals surface area contributed by atoms with E-state index in [2.05, 4.69) is 15.5 Å². The highest BCUT2D eigenvalue weighted by Crippen LogP contribution is 2.20. The van der Waals surface area contributed by atoms with Crippen LogP contribution in [0.3, 0.4) is 0 Å². The van der Waals surface area contributed by atoms with Crippen molar-refractivity contribution in [1.29, 1.82) is 0 Å². The minimum absolute atomic E-state index is 0.105. The second-order valence-electron chi connectivity index (χ2n) is 3.51. The summed E-state index contributed by atoms with van der Waals surface area (Å²) in [5, 5.41) is 3.95. The zero-order valence-corrected chi connectivity index (χ0v) is 9.84. The maximum absolute atomic E-state index is 11.9. The predicted octanol–water partition coefficient (Wildman–Crippen LogP) is 1.37. The molecule has 0 spiro atoms. The zero-order valence-electron chi connectivity index (χ0n) is 9.02. The molecule has 0 atom stereocenters. The first-order valence-corrected chi connectivity index (χ1v) is 5.36. The Hall–Kier alpha value is -1.41. The lowest BCUT2D eigenvalue weighted by molar-refractivity contribution is 0.0815. The van der Waals surface area contributed by atoms with Gasteiger partial charge in [-0.2, -0.15) is 0 Å². The number of rotatable bonds is 3. The van der Waals surface area contributed by atoms with Gasteiger partial charge in [0.2, 0.25) is 0 Å². The molecule has 0 saturated carbocycles. The van der Waals surface area contributed by atoms with Crippen molar-refractivity contribution in [2.75, 3.05) is 13.6 Å². The molecule has 0 aliphatic carbocycles. The number of carbonyl (C=O) groups is 1. The maximum atomic E-state index is 11.9. The van der Waals surface area contributed by atoms with Gasteiger partial charge in [0.05, 0.1) is 12.2 Å². The van der Waals surface area contributed by atoms with E-state index in [0.717, 1.165) is 17.2 Å². The van der Waals surface area contributed by atoms with Crippen LogP contribution in [0.4, 0.5) is 0 Å². The van der Waals surface area contributed by atoms with Crippen LogP contribution in [0.15, 0.2) is 0 Å². The van der Waals surface area contributed by atoms with E-state index in [4.69, 9.17) is 6.42 Å². The molecule has 1 amide bonds. The number of nitrogens with zero attached hydrogens (tertiary/aromatic N) is 3. The van der Waals surface area contributed by atoms with Gasteiger partial charge in [0, 0.05) is 7.05 Å². The van der Waals surface area contributed by atoms with Gasteiger partial charge in [-0.05, 0) is 17.5 Å². The minimum atomic E-state index is -0.105. The van der Waals surface area contributed by atoms with Crippen LogP contribution in [0, 0.1) is 12.3 Å². The highest BCUT2D eigenvalue weighted by atomic mass is 32.1. The van der Waals surface area contributed by atoms with Gasteiger partial charge in [-0.1, -0.05) is 24.3 Å². The van der Waals surface area contributed by atoms with E-state index in [1.165, 1.54) is 4.90 Å². The summed E-state index contributed by atoms with van der Waals surface area (Å²) in [5.41, 5.74) is 0.744. The average Bonchev–Trinajstić information content (AvgIpc) is 2.65. The first kappa shape index (κ1) is 11.7. The van der Waals surface area contributed by atoms with Gasteiger partial charge in [0.15, 0.2) is 0 Å². The summed E-state index contributed by atoms with van der Waals surface area (Å²) in [5.74, 6) is 2.52. The van der Waals surface area contributed by atoms with Crippen LogP contribution in [0.2, 0.25) is 0 Å². The number of carbonyl (C=O) groups excluding carboxylic acids is 1. The van der Waals surface area contributed by atoms with Crippen molar-refractivity contribution in [1.82, 2.24) is 14.5 Å². The molecule has 0 aliphatic heterocycles. The Bertz CT molecular complexity index is 392. The number of hydrogen-bond donors (Lipinski definition) is 0. The summed E-state index contributed by atoms with van der Waals surface area (Å²) in [4.78, 5) is 14.0. The summed E-state index contributed by atoms with van der Waals surface area (Å²) in [7, 11) is 1.67. The fourth-order valence-corrected chi connectivity index (χ4v) is 1.92. The Morgan fingerprint density at radius 2 is 2.33 bits per heavy atom. The van der Waals surface area contributed by atoms with Gasteiger partial charge in [0.25, 0.3) is 5.91 Å². The van der Waals surface area contributed by atoms with Gasteiger partial charge in [-0.25, -0.2) is 0 Å². The summed E-state index contributed by atoms with van der Waals surface area (Å²) < 4.78 is 3.80. The van der Waals surface area contributed by atoms with Gasteiger partial charge >= 0.3 is 0 Å². The Balaban J connectivity index is 2.92. The third kappa shape index (κ3) is 2.54. The van der Waals surface area contributed by atoms with Crippen LogP contribution >= 0.6 is 11.5 Å². The SMILES string of the molecule is C#CCN(C)C(=O)c1snnc1C(C)C. The topological polar surface area (TPSA) is 46.1 Å². The van der Waals surface area contributed by atoms with E-state index in [1.54, 1.807) is 7.05 Å². The minimum Gasteiger partial charge on any atom is -0.330 e. The van der Waals surface area contributed by atoms with Crippen LogP contribution < -0.4 is 0 Å². The van der Waals surface area contributed by atoms with E-state index < -0.39 is 0 Å². The molecule has 0 aliphatic rings. The molecular formula is C10H13N3OS. The molecule has 4 nitrogen and oxygen atoms in total. The quantitative estimate of drug-likeness (QED) is 0.727. The average molecular weight is 223 g/mol. The molecular weight excluding hydrogens is 210 g/mol. The molecule has 15 heavy (non-hydrogen) atoms. The first-order chi connectivity index (χ1) is 7.07. The normalized spacial score (nSPS) is 10.1. The van der Waals surface area contributed by atoms with Crippen molar-refractivity contribution in [3.05, 3.63) is 10.6 Å². The van der Waals surface area contributed by atoms with Crippen molar-refractivity contribution < 1.29 is 4.79 Å². The van der Waals surface area contributed by atoms with Crippen LogP contribution in [0.25, 0.3) is 0 Å². The van der Waals surface area contributed by atoms with Crippen molar-refractivity contribution in [2.24, 2.45) is 0 Å². The largest absolute Gasteiger partial charge is 0.330 e. The molecule has 0 bridgehead atoms. The fourth-order valence-electron chi connectivity index (χ4n) is 1.11. The lowest BCUT2D eigenvalue weighted by Crippen LogP contribution is -2.27. The maximum Gasteiger partial charge on any atom is 0.268 e. The molecule has 0 aromatic carbocycles. The lowest BCUT2D eigenvalue weighted by Gasteiger charge is -2.13. The molecule has 5 heteroatoms. The van der Waals surface area contributed by atoms with Crippen molar-refractivity contribution in [2.45, 2.75) is 19.8 Å². The van der Waals surface area contributed by atoms with Crippen LogP contribution in [0.1, 0.15) is 35.1 Å². The Morgan fingerprint density at radius 3 is 2.87 bits per heavy atom. The number of hydrogen-bond acceptors (Lipinski definition) is 4. The van der Waals surface area contributed by atoms with E-state index in [-0.39, 0.29) is 11.8 Å². The molecule has 1 aromatic rings. The van der Waals surface area contributed by atoms with Crippen LogP contribution in [-0.4, -0.2) is 34.0 Å². The molecule has 1 aromatic heterocycles. The van der Waals surface area contributed by atoms with E-state index >= 15 is 0 Å². The monoisotopic (exact) mass is 223 g/mol. The third-order valence-electron chi connectivity index (χ3n) is 1.93. The lowest BCUT2D eigenvalue weighted by atomic mass is 10.1. The van der Waals surface area contributed by atoms with Gasteiger partial charge in [-0.3, -0.25) is 4.79 Å². The number of aromatic nitrogens is 2. The van der Waals surface area contributed by atoms with Gasteiger partial charge in [-0.15, -0.1) is 11.5 Å². The third-order valence-corrected chi connectivity index (χ3v) is 2.66. The van der Waals surface area contributed by atoms with E-state index in [9.17, 15) is 4.79 Å². The molecule has 0 fully saturated rings. The molecule has 1 rings (SSSR count). The standard InChI is InChI=1S/C10H13N3OS/c1-5-6-13(4)10(14)9-8(7(2)3)11-12-15-9/h1,7H,6H2,2-4H3. The van der Waals surface area contributed by atoms with E-state index in [0.29, 0.717) is 11.4 Å². The predicted molar refractivity (Wildman–Crippen MR) is 59.8 cm³/mol. The Labute approximate surface area is 93.5 Å². The zero-order chi connectivity index (χ0) is 11.4. The first-order valence-electron chi connectivity index (χ1n) is 4.59. The summed E-state index contributed by atoms with van der Waals surface area (Å²) in [6.07, 6.45) is 5.15.